The first-order valence-corrected chi connectivity index (χ1v) is 16.6. The summed E-state index contributed by atoms with van der Waals surface area (Å²) >= 11 is 0. The third-order valence-electron chi connectivity index (χ3n) is 7.71. The molecule has 0 aliphatic rings. The summed E-state index contributed by atoms with van der Waals surface area (Å²) in [5.41, 5.74) is 3.16. The third-order valence-corrected chi connectivity index (χ3v) is 9.49. The zero-order valence-corrected chi connectivity index (χ0v) is 26.8. The number of aryl methyl sites for hydroxylation is 2. The maximum Gasteiger partial charge on any atom is 0.264 e. The first-order valence-electron chi connectivity index (χ1n) is 15.1. The van der Waals surface area contributed by atoms with Gasteiger partial charge in [-0.2, -0.15) is 0 Å². The Hall–Kier alpha value is -4.50. The molecule has 1 atom stereocenters. The number of halogens is 1. The number of hydrogen-bond donors (Lipinski definition) is 1. The van der Waals surface area contributed by atoms with Gasteiger partial charge in [-0.3, -0.25) is 13.9 Å². The summed E-state index contributed by atoms with van der Waals surface area (Å²) in [6.45, 7) is 5.55. The monoisotopic (exact) mass is 629 g/mol. The minimum absolute atomic E-state index is 0.0555. The second-order valence-corrected chi connectivity index (χ2v) is 12.9. The highest BCUT2D eigenvalue weighted by Crippen LogP contribution is 2.27. The van der Waals surface area contributed by atoms with Gasteiger partial charge in [0.05, 0.1) is 10.6 Å². The molecule has 0 bridgehead atoms. The van der Waals surface area contributed by atoms with E-state index in [2.05, 4.69) is 5.32 Å². The van der Waals surface area contributed by atoms with Gasteiger partial charge >= 0.3 is 0 Å². The van der Waals surface area contributed by atoms with Gasteiger partial charge in [-0.05, 0) is 61.2 Å². The Morgan fingerprint density at radius 2 is 1.49 bits per heavy atom. The quantitative estimate of drug-likeness (QED) is 0.169. The van der Waals surface area contributed by atoms with Crippen LogP contribution in [0.25, 0.3) is 0 Å². The molecule has 0 aromatic heterocycles. The first-order chi connectivity index (χ1) is 21.6. The van der Waals surface area contributed by atoms with Crippen LogP contribution < -0.4 is 9.62 Å². The summed E-state index contributed by atoms with van der Waals surface area (Å²) in [5, 5.41) is 2.97. The van der Waals surface area contributed by atoms with Gasteiger partial charge < -0.3 is 10.2 Å². The van der Waals surface area contributed by atoms with E-state index in [1.165, 1.54) is 35.2 Å². The molecule has 0 spiro atoms. The van der Waals surface area contributed by atoms with Crippen LogP contribution >= 0.6 is 0 Å². The first kappa shape index (κ1) is 33.4. The van der Waals surface area contributed by atoms with E-state index in [0.717, 1.165) is 45.5 Å². The summed E-state index contributed by atoms with van der Waals surface area (Å²) in [4.78, 5) is 29.6. The highest BCUT2D eigenvalue weighted by Gasteiger charge is 2.35. The van der Waals surface area contributed by atoms with Crippen molar-refractivity contribution in [2.24, 2.45) is 0 Å². The molecule has 0 heterocycles. The van der Waals surface area contributed by atoms with Crippen molar-refractivity contribution in [2.75, 3.05) is 17.4 Å². The second-order valence-electron chi connectivity index (χ2n) is 11.1. The average Bonchev–Trinajstić information content (AvgIpc) is 3.03. The Labute approximate surface area is 265 Å². The van der Waals surface area contributed by atoms with Gasteiger partial charge in [-0.25, -0.2) is 12.8 Å². The number of unbranched alkanes of at least 4 members (excludes halogenated alkanes) is 1. The molecule has 0 radical (unpaired) electrons. The normalized spacial score (nSPS) is 11.9. The summed E-state index contributed by atoms with van der Waals surface area (Å²) in [5.74, 6) is -1.76. The SMILES string of the molecule is CCCCNC(=O)[C@@H](Cc1ccccc1)N(Cc1ccccc1C)C(=O)CN(c1ccccc1F)S(=O)(=O)c1ccc(C)cc1. The smallest absolute Gasteiger partial charge is 0.264 e. The van der Waals surface area contributed by atoms with Gasteiger partial charge in [0.15, 0.2) is 0 Å². The minimum Gasteiger partial charge on any atom is -0.354 e. The maximum atomic E-state index is 15.3. The van der Waals surface area contributed by atoms with Gasteiger partial charge in [0.1, 0.15) is 18.4 Å². The van der Waals surface area contributed by atoms with Crippen molar-refractivity contribution in [3.8, 4) is 0 Å². The van der Waals surface area contributed by atoms with Gasteiger partial charge in [-0.1, -0.05) is 97.8 Å². The molecule has 4 rings (SSSR count). The zero-order chi connectivity index (χ0) is 32.4. The van der Waals surface area contributed by atoms with E-state index >= 15 is 4.39 Å². The summed E-state index contributed by atoms with van der Waals surface area (Å²) in [7, 11) is -4.38. The number of para-hydroxylation sites is 1. The van der Waals surface area contributed by atoms with Crippen LogP contribution in [0.15, 0.2) is 108 Å². The predicted octanol–water partition coefficient (Wildman–Crippen LogP) is 6.19. The number of amides is 2. The van der Waals surface area contributed by atoms with Gasteiger partial charge in [0.2, 0.25) is 11.8 Å². The van der Waals surface area contributed by atoms with Crippen molar-refractivity contribution in [3.63, 3.8) is 0 Å². The highest BCUT2D eigenvalue weighted by atomic mass is 32.2. The second kappa shape index (κ2) is 15.5. The van der Waals surface area contributed by atoms with Gasteiger partial charge in [0, 0.05) is 19.5 Å². The van der Waals surface area contributed by atoms with Crippen LogP contribution in [0.1, 0.15) is 42.0 Å². The van der Waals surface area contributed by atoms with Crippen molar-refractivity contribution in [1.82, 2.24) is 10.2 Å². The van der Waals surface area contributed by atoms with Gasteiger partial charge in [-0.15, -0.1) is 0 Å². The fraction of sp³-hybridized carbons (Fsp3) is 0.278. The number of benzene rings is 4. The molecule has 0 aliphatic carbocycles. The molecule has 0 saturated carbocycles. The third kappa shape index (κ3) is 8.57. The molecule has 0 fully saturated rings. The molecule has 4 aromatic carbocycles. The molecule has 1 N–H and O–H groups in total. The van der Waals surface area contributed by atoms with E-state index in [-0.39, 0.29) is 29.5 Å². The number of nitrogens with one attached hydrogen (secondary N) is 1. The van der Waals surface area contributed by atoms with Crippen LogP contribution in [0, 0.1) is 19.7 Å². The number of sulfonamides is 1. The Morgan fingerprint density at radius 3 is 2.16 bits per heavy atom. The zero-order valence-electron chi connectivity index (χ0n) is 25.9. The molecule has 2 amide bonds. The largest absolute Gasteiger partial charge is 0.354 e. The van der Waals surface area contributed by atoms with Crippen molar-refractivity contribution < 1.29 is 22.4 Å². The molecule has 9 heteroatoms. The van der Waals surface area contributed by atoms with Crippen LogP contribution in [0.2, 0.25) is 0 Å². The molecular weight excluding hydrogens is 589 g/mol. The highest BCUT2D eigenvalue weighted by molar-refractivity contribution is 7.92. The lowest BCUT2D eigenvalue weighted by Gasteiger charge is -2.34. The summed E-state index contributed by atoms with van der Waals surface area (Å²) in [6, 6.07) is 27.6. The molecule has 0 unspecified atom stereocenters. The van der Waals surface area contributed by atoms with Crippen LogP contribution in [-0.2, 0) is 32.6 Å². The Kier molecular flexibility index (Phi) is 11.5. The number of anilines is 1. The predicted molar refractivity (Wildman–Crippen MR) is 176 cm³/mol. The number of carbonyl (C=O) groups is 2. The van der Waals surface area contributed by atoms with E-state index in [1.807, 2.05) is 75.4 Å². The molecule has 0 saturated heterocycles. The van der Waals surface area contributed by atoms with E-state index in [4.69, 9.17) is 0 Å². The van der Waals surface area contributed by atoms with Crippen molar-refractivity contribution >= 4 is 27.5 Å². The fourth-order valence-electron chi connectivity index (χ4n) is 5.04. The molecular formula is C36H40FN3O4S. The summed E-state index contributed by atoms with van der Waals surface area (Å²) in [6.07, 6.45) is 1.86. The van der Waals surface area contributed by atoms with Gasteiger partial charge in [0.25, 0.3) is 10.0 Å². The van der Waals surface area contributed by atoms with Crippen molar-refractivity contribution in [3.05, 3.63) is 131 Å². The lowest BCUT2D eigenvalue weighted by Crippen LogP contribution is -2.53. The molecule has 7 nitrogen and oxygen atoms in total. The van der Waals surface area contributed by atoms with E-state index in [0.29, 0.717) is 6.54 Å². The van der Waals surface area contributed by atoms with E-state index < -0.39 is 34.3 Å². The van der Waals surface area contributed by atoms with Crippen LogP contribution in [0.5, 0.6) is 0 Å². The van der Waals surface area contributed by atoms with Crippen LogP contribution in [0.3, 0.4) is 0 Å². The van der Waals surface area contributed by atoms with Crippen molar-refractivity contribution in [1.29, 1.82) is 0 Å². The maximum absolute atomic E-state index is 15.3. The Balaban J connectivity index is 1.80. The Bertz CT molecular complexity index is 1700. The number of nitrogens with zero attached hydrogens (tertiary/aromatic N) is 2. The van der Waals surface area contributed by atoms with E-state index in [9.17, 15) is 18.0 Å². The molecule has 0 aliphatic heterocycles. The lowest BCUT2D eigenvalue weighted by atomic mass is 10.0. The van der Waals surface area contributed by atoms with E-state index in [1.54, 1.807) is 12.1 Å². The number of hydrogen-bond acceptors (Lipinski definition) is 4. The lowest BCUT2D eigenvalue weighted by molar-refractivity contribution is -0.140. The molecule has 4 aromatic rings. The topological polar surface area (TPSA) is 86.8 Å². The molecule has 236 valence electrons. The Morgan fingerprint density at radius 1 is 0.844 bits per heavy atom. The van der Waals surface area contributed by atoms with Crippen LogP contribution in [0.4, 0.5) is 10.1 Å². The van der Waals surface area contributed by atoms with Crippen LogP contribution in [-0.4, -0.2) is 44.3 Å². The number of rotatable bonds is 14. The number of carbonyl (C=O) groups excluding carboxylic acids is 2. The minimum atomic E-state index is -4.38. The molecule has 45 heavy (non-hydrogen) atoms. The average molecular weight is 630 g/mol. The standard InChI is InChI=1S/C36H40FN3O4S/c1-4-5-23-38-36(42)34(24-29-14-7-6-8-15-29)39(25-30-16-10-9-13-28(30)3)35(41)26-40(33-18-12-11-17-32(33)37)45(43,44)31-21-19-27(2)20-22-31/h6-22,34H,4-5,23-26H2,1-3H3,(H,38,42)/t34-/m1/s1. The summed E-state index contributed by atoms with van der Waals surface area (Å²) < 4.78 is 44.1. The fourth-order valence-corrected chi connectivity index (χ4v) is 6.46. The van der Waals surface area contributed by atoms with Crippen molar-refractivity contribution in [2.45, 2.75) is 57.5 Å².